The van der Waals surface area contributed by atoms with Gasteiger partial charge in [-0.25, -0.2) is 4.79 Å². The molecule has 2 aliphatic rings. The average Bonchev–Trinajstić information content (AvgIpc) is 3.19. The van der Waals surface area contributed by atoms with Crippen LogP contribution in [-0.4, -0.2) is 17.9 Å². The largest absolute Gasteiger partial charge is 0.455 e. The summed E-state index contributed by atoms with van der Waals surface area (Å²) in [5.41, 5.74) is 1.26. The summed E-state index contributed by atoms with van der Waals surface area (Å²) in [4.78, 5) is 36.4. The van der Waals surface area contributed by atoms with E-state index in [-0.39, 0.29) is 0 Å². The van der Waals surface area contributed by atoms with Crippen molar-refractivity contribution >= 4 is 55.4 Å². The number of esters is 3. The van der Waals surface area contributed by atoms with Gasteiger partial charge in [-0.1, -0.05) is 34.1 Å². The van der Waals surface area contributed by atoms with Gasteiger partial charge >= 0.3 is 17.9 Å². The van der Waals surface area contributed by atoms with E-state index in [9.17, 15) is 14.4 Å². The van der Waals surface area contributed by atoms with Gasteiger partial charge in [-0.05, 0) is 71.4 Å². The second-order valence-corrected chi connectivity index (χ2v) is 10.6. The lowest BCUT2D eigenvalue weighted by atomic mass is 9.76. The molecular formula is C32H19BrO7. The predicted molar refractivity (Wildman–Crippen MR) is 150 cm³/mol. The van der Waals surface area contributed by atoms with Crippen LogP contribution >= 0.6 is 15.9 Å². The zero-order valence-corrected chi connectivity index (χ0v) is 22.8. The molecule has 0 fully saturated rings. The zero-order valence-electron chi connectivity index (χ0n) is 21.2. The molecule has 5 aromatic rings. The van der Waals surface area contributed by atoms with Crippen molar-refractivity contribution in [1.29, 1.82) is 0 Å². The topological polar surface area (TPSA) is 88.1 Å². The molecule has 0 radical (unpaired) electrons. The molecule has 5 aromatic carbocycles. The number of benzene rings is 5. The first-order chi connectivity index (χ1) is 19.2. The van der Waals surface area contributed by atoms with Gasteiger partial charge in [0.15, 0.2) is 5.60 Å². The molecular weight excluding hydrogens is 576 g/mol. The van der Waals surface area contributed by atoms with E-state index in [1.807, 2.05) is 48.5 Å². The summed E-state index contributed by atoms with van der Waals surface area (Å²) in [5.74, 6) is 0.613. The van der Waals surface area contributed by atoms with Gasteiger partial charge in [0.1, 0.15) is 23.0 Å². The van der Waals surface area contributed by atoms with E-state index in [4.69, 9.17) is 18.9 Å². The number of carbonyl (C=O) groups is 3. The third-order valence-corrected chi connectivity index (χ3v) is 7.69. The van der Waals surface area contributed by atoms with Crippen LogP contribution in [0.1, 0.15) is 40.9 Å². The van der Waals surface area contributed by atoms with E-state index in [0.29, 0.717) is 45.3 Å². The summed E-state index contributed by atoms with van der Waals surface area (Å²) in [6.07, 6.45) is 0. The highest BCUT2D eigenvalue weighted by Gasteiger charge is 2.54. The second-order valence-electron chi connectivity index (χ2n) is 9.70. The molecule has 0 N–H and O–H groups in total. The fourth-order valence-corrected chi connectivity index (χ4v) is 6.04. The molecule has 7 rings (SSSR count). The maximum atomic E-state index is 13.4. The van der Waals surface area contributed by atoms with Crippen molar-refractivity contribution in [2.24, 2.45) is 0 Å². The molecule has 0 aliphatic carbocycles. The number of ether oxygens (including phenoxy) is 4. The first-order valence-electron chi connectivity index (χ1n) is 12.5. The van der Waals surface area contributed by atoms with Crippen molar-refractivity contribution in [3.8, 4) is 23.0 Å². The Bertz CT molecular complexity index is 1850. The minimum absolute atomic E-state index is 0.414. The first kappa shape index (κ1) is 24.4. The quantitative estimate of drug-likeness (QED) is 0.158. The molecule has 0 aromatic heterocycles. The maximum absolute atomic E-state index is 13.4. The van der Waals surface area contributed by atoms with Crippen molar-refractivity contribution in [3.05, 3.63) is 106 Å². The Morgan fingerprint density at radius 3 is 1.75 bits per heavy atom. The van der Waals surface area contributed by atoms with Crippen LogP contribution in [0.3, 0.4) is 0 Å². The molecule has 0 bridgehead atoms. The summed E-state index contributed by atoms with van der Waals surface area (Å²) in [6, 6.07) is 23.7. The molecule has 2 heterocycles. The van der Waals surface area contributed by atoms with Crippen molar-refractivity contribution < 1.29 is 33.3 Å². The Balaban J connectivity index is 1.53. The lowest BCUT2D eigenvalue weighted by molar-refractivity contribution is -0.132. The lowest BCUT2D eigenvalue weighted by Gasteiger charge is -2.37. The SMILES string of the molecule is CC(=O)Oc1ccc2c3c(ccc2c1)C1(OC(=O)c2cc(Br)ccc21)c1ccc2cc(OC(C)=O)ccc2c1O3. The number of fused-ring (bicyclic) bond motifs is 10. The molecule has 0 saturated heterocycles. The van der Waals surface area contributed by atoms with Crippen LogP contribution in [0.2, 0.25) is 0 Å². The molecule has 8 heteroatoms. The predicted octanol–water partition coefficient (Wildman–Crippen LogP) is 7.17. The van der Waals surface area contributed by atoms with E-state index >= 15 is 0 Å². The number of halogens is 1. The molecule has 2 aliphatic heterocycles. The molecule has 0 unspecified atom stereocenters. The minimum Gasteiger partial charge on any atom is -0.455 e. The van der Waals surface area contributed by atoms with Crippen LogP contribution in [-0.2, 0) is 19.9 Å². The van der Waals surface area contributed by atoms with Crippen LogP contribution in [0, 0.1) is 0 Å². The van der Waals surface area contributed by atoms with E-state index in [0.717, 1.165) is 26.0 Å². The number of rotatable bonds is 2. The second kappa shape index (κ2) is 8.66. The average molecular weight is 595 g/mol. The van der Waals surface area contributed by atoms with Gasteiger partial charge in [-0.3, -0.25) is 9.59 Å². The Hall–Kier alpha value is -4.69. The summed E-state index contributed by atoms with van der Waals surface area (Å²) >= 11 is 3.48. The van der Waals surface area contributed by atoms with Gasteiger partial charge in [0.05, 0.1) is 5.56 Å². The number of hydrogen-bond acceptors (Lipinski definition) is 7. The Kier molecular flexibility index (Phi) is 5.27. The Labute approximate surface area is 236 Å². The first-order valence-corrected chi connectivity index (χ1v) is 13.3. The smallest absolute Gasteiger partial charge is 0.340 e. The molecule has 196 valence electrons. The van der Waals surface area contributed by atoms with Crippen LogP contribution in [0.25, 0.3) is 21.5 Å². The summed E-state index contributed by atoms with van der Waals surface area (Å²) in [6.45, 7) is 2.70. The van der Waals surface area contributed by atoms with Crippen molar-refractivity contribution in [1.82, 2.24) is 0 Å². The summed E-state index contributed by atoms with van der Waals surface area (Å²) in [7, 11) is 0. The highest BCUT2D eigenvalue weighted by molar-refractivity contribution is 9.10. The molecule has 0 atom stereocenters. The number of hydrogen-bond donors (Lipinski definition) is 0. The Morgan fingerprint density at radius 2 is 1.23 bits per heavy atom. The van der Waals surface area contributed by atoms with Crippen LogP contribution < -0.4 is 14.2 Å². The van der Waals surface area contributed by atoms with Crippen molar-refractivity contribution in [3.63, 3.8) is 0 Å². The third kappa shape index (κ3) is 3.53. The number of carbonyl (C=O) groups excluding carboxylic acids is 3. The van der Waals surface area contributed by atoms with Crippen molar-refractivity contribution in [2.45, 2.75) is 19.4 Å². The summed E-state index contributed by atoms with van der Waals surface area (Å²) in [5, 5.41) is 3.09. The highest BCUT2D eigenvalue weighted by atomic mass is 79.9. The van der Waals surface area contributed by atoms with Gasteiger partial charge in [0.25, 0.3) is 0 Å². The minimum atomic E-state index is -1.26. The van der Waals surface area contributed by atoms with E-state index in [1.165, 1.54) is 13.8 Å². The third-order valence-electron chi connectivity index (χ3n) is 7.20. The Morgan fingerprint density at radius 1 is 0.700 bits per heavy atom. The van der Waals surface area contributed by atoms with Gasteiger partial charge in [-0.15, -0.1) is 0 Å². The van der Waals surface area contributed by atoms with Crippen molar-refractivity contribution in [2.75, 3.05) is 0 Å². The normalized spacial score (nSPS) is 14.2. The summed E-state index contributed by atoms with van der Waals surface area (Å²) < 4.78 is 24.4. The fourth-order valence-electron chi connectivity index (χ4n) is 5.68. The van der Waals surface area contributed by atoms with E-state index in [1.54, 1.807) is 30.3 Å². The van der Waals surface area contributed by atoms with Gasteiger partial charge in [-0.2, -0.15) is 0 Å². The van der Waals surface area contributed by atoms with E-state index < -0.39 is 23.5 Å². The lowest BCUT2D eigenvalue weighted by Crippen LogP contribution is -2.33. The standard InChI is InChI=1S/C32H19BrO7/c1-16(34)37-21-6-8-23-18(13-21)3-10-27-29(23)39-30-24-9-7-22(38-17(2)35)14-19(24)4-11-28(30)32(27)26-12-5-20(33)15-25(26)31(36)40-32/h3-15H,1-2H3. The molecule has 0 amide bonds. The fraction of sp³-hybridized carbons (Fsp3) is 0.0938. The highest BCUT2D eigenvalue weighted by Crippen LogP contribution is 2.59. The molecule has 7 nitrogen and oxygen atoms in total. The monoisotopic (exact) mass is 594 g/mol. The van der Waals surface area contributed by atoms with Gasteiger partial charge in [0.2, 0.25) is 0 Å². The van der Waals surface area contributed by atoms with Crippen LogP contribution in [0.4, 0.5) is 0 Å². The van der Waals surface area contributed by atoms with E-state index in [2.05, 4.69) is 15.9 Å². The van der Waals surface area contributed by atoms with Crippen LogP contribution in [0.15, 0.2) is 83.3 Å². The van der Waals surface area contributed by atoms with Gasteiger partial charge in [0, 0.05) is 45.8 Å². The zero-order chi connectivity index (χ0) is 27.8. The molecule has 0 saturated carbocycles. The maximum Gasteiger partial charge on any atom is 0.340 e. The van der Waals surface area contributed by atoms with Gasteiger partial charge < -0.3 is 18.9 Å². The molecule has 40 heavy (non-hydrogen) atoms. The molecule has 1 spiro atoms. The van der Waals surface area contributed by atoms with Crippen LogP contribution in [0.5, 0.6) is 23.0 Å².